The molecule has 10 heteroatoms. The Labute approximate surface area is 203 Å². The molecule has 2 aliphatic rings. The summed E-state index contributed by atoms with van der Waals surface area (Å²) in [5.74, 6) is 0.331. The smallest absolute Gasteiger partial charge is 0.267 e. The molecule has 1 N–H and O–H groups in total. The molecule has 4 rings (SSSR count). The molecule has 0 aromatic carbocycles. The van der Waals surface area contributed by atoms with Crippen molar-refractivity contribution in [1.82, 2.24) is 19.2 Å². The standard InChI is InChI=1S/C23H29N5O3S2/c1-3-16(2)28-22(30)18(33-23(28)32)15-17-20(24-8-6-9-26-11-13-31-14-12-26)25-19-7-4-5-10-27(19)21(17)29/h4-5,7,10,15-16,24H,3,6,8-9,11-14H2,1-2H3. The Kier molecular flexibility index (Phi) is 7.79. The second kappa shape index (κ2) is 10.8. The Morgan fingerprint density at radius 2 is 2.09 bits per heavy atom. The van der Waals surface area contributed by atoms with Gasteiger partial charge in [-0.1, -0.05) is 37.0 Å². The number of anilines is 1. The summed E-state index contributed by atoms with van der Waals surface area (Å²) < 4.78 is 7.42. The molecule has 2 fully saturated rings. The SMILES string of the molecule is CCC(C)N1C(=O)C(=Cc2c(NCCCN3CCOCC3)nc3ccccn3c2=O)SC1=S. The minimum absolute atomic E-state index is 0.0111. The molecule has 1 unspecified atom stereocenters. The van der Waals surface area contributed by atoms with Gasteiger partial charge in [0.15, 0.2) is 0 Å². The van der Waals surface area contributed by atoms with Gasteiger partial charge >= 0.3 is 0 Å². The lowest BCUT2D eigenvalue weighted by Crippen LogP contribution is -2.37. The average molecular weight is 488 g/mol. The van der Waals surface area contributed by atoms with E-state index in [1.807, 2.05) is 19.9 Å². The number of nitrogens with zero attached hydrogens (tertiary/aromatic N) is 4. The molecular formula is C23H29N5O3S2. The molecule has 2 saturated heterocycles. The van der Waals surface area contributed by atoms with E-state index in [2.05, 4.69) is 15.2 Å². The molecule has 1 amide bonds. The highest BCUT2D eigenvalue weighted by Gasteiger charge is 2.35. The number of morpholine rings is 1. The maximum Gasteiger partial charge on any atom is 0.267 e. The fraction of sp³-hybridized carbons (Fsp3) is 0.478. The van der Waals surface area contributed by atoms with E-state index in [0.717, 1.165) is 45.7 Å². The van der Waals surface area contributed by atoms with Crippen LogP contribution in [-0.2, 0) is 9.53 Å². The van der Waals surface area contributed by atoms with Crippen LogP contribution in [-0.4, -0.2) is 74.8 Å². The Hall–Kier alpha value is -2.27. The summed E-state index contributed by atoms with van der Waals surface area (Å²) in [5.41, 5.74) is 0.710. The van der Waals surface area contributed by atoms with E-state index in [1.54, 1.807) is 29.3 Å². The number of pyridine rings is 1. The van der Waals surface area contributed by atoms with Crippen LogP contribution in [0, 0.1) is 0 Å². The maximum atomic E-state index is 13.3. The van der Waals surface area contributed by atoms with E-state index in [0.29, 0.717) is 32.8 Å². The van der Waals surface area contributed by atoms with Gasteiger partial charge in [0, 0.05) is 31.9 Å². The van der Waals surface area contributed by atoms with Crippen LogP contribution >= 0.6 is 24.0 Å². The number of ether oxygens (including phenoxy) is 1. The Morgan fingerprint density at radius 3 is 2.85 bits per heavy atom. The second-order valence-electron chi connectivity index (χ2n) is 8.15. The summed E-state index contributed by atoms with van der Waals surface area (Å²) in [4.78, 5) is 35.5. The van der Waals surface area contributed by atoms with Crippen molar-refractivity contribution in [2.75, 3.05) is 44.7 Å². The first-order chi connectivity index (χ1) is 16.0. The summed E-state index contributed by atoms with van der Waals surface area (Å²) in [5, 5.41) is 3.34. The molecule has 0 radical (unpaired) electrons. The number of amides is 1. The number of carbonyl (C=O) groups excluding carboxylic acids is 1. The van der Waals surface area contributed by atoms with Crippen molar-refractivity contribution in [2.24, 2.45) is 0 Å². The van der Waals surface area contributed by atoms with E-state index in [4.69, 9.17) is 17.0 Å². The highest BCUT2D eigenvalue weighted by Crippen LogP contribution is 2.34. The first kappa shape index (κ1) is 23.9. The minimum atomic E-state index is -0.218. The maximum absolute atomic E-state index is 13.3. The molecule has 0 bridgehead atoms. The van der Waals surface area contributed by atoms with E-state index < -0.39 is 0 Å². The molecule has 0 saturated carbocycles. The zero-order valence-corrected chi connectivity index (χ0v) is 20.6. The van der Waals surface area contributed by atoms with Crippen molar-refractivity contribution in [3.05, 3.63) is 45.2 Å². The van der Waals surface area contributed by atoms with Crippen molar-refractivity contribution in [3.63, 3.8) is 0 Å². The van der Waals surface area contributed by atoms with Gasteiger partial charge in [-0.2, -0.15) is 0 Å². The van der Waals surface area contributed by atoms with Crippen LogP contribution in [0.25, 0.3) is 11.7 Å². The second-order valence-corrected chi connectivity index (χ2v) is 9.83. The van der Waals surface area contributed by atoms with E-state index in [1.165, 1.54) is 16.2 Å². The third-order valence-corrected chi connectivity index (χ3v) is 7.28. The Bertz CT molecular complexity index is 1130. The number of fused-ring (bicyclic) bond motifs is 1. The van der Waals surface area contributed by atoms with Crippen LogP contribution in [0.3, 0.4) is 0 Å². The van der Waals surface area contributed by atoms with Gasteiger partial charge in [0.05, 0.1) is 23.7 Å². The van der Waals surface area contributed by atoms with Crippen LogP contribution in [0.2, 0.25) is 0 Å². The highest BCUT2D eigenvalue weighted by atomic mass is 32.2. The lowest BCUT2D eigenvalue weighted by Gasteiger charge is -2.26. The van der Waals surface area contributed by atoms with Gasteiger partial charge < -0.3 is 10.1 Å². The van der Waals surface area contributed by atoms with Crippen LogP contribution in [0.4, 0.5) is 5.82 Å². The number of nitrogens with one attached hydrogen (secondary N) is 1. The number of thioether (sulfide) groups is 1. The number of hydrogen-bond donors (Lipinski definition) is 1. The summed E-state index contributed by atoms with van der Waals surface area (Å²) in [6.07, 6.45) is 5.04. The Balaban J connectivity index is 1.60. The van der Waals surface area contributed by atoms with Crippen molar-refractivity contribution in [1.29, 1.82) is 0 Å². The van der Waals surface area contributed by atoms with Gasteiger partial charge in [-0.15, -0.1) is 0 Å². The molecule has 1 atom stereocenters. The van der Waals surface area contributed by atoms with Gasteiger partial charge in [-0.25, -0.2) is 4.98 Å². The normalized spacial score (nSPS) is 19.6. The van der Waals surface area contributed by atoms with Crippen LogP contribution in [0.1, 0.15) is 32.3 Å². The summed E-state index contributed by atoms with van der Waals surface area (Å²) in [6.45, 7) is 9.04. The van der Waals surface area contributed by atoms with Crippen LogP contribution < -0.4 is 10.9 Å². The number of rotatable bonds is 8. The Morgan fingerprint density at radius 1 is 1.30 bits per heavy atom. The molecule has 2 aliphatic heterocycles. The van der Waals surface area contributed by atoms with Crippen LogP contribution in [0.15, 0.2) is 34.1 Å². The summed E-state index contributed by atoms with van der Waals surface area (Å²) in [7, 11) is 0. The first-order valence-corrected chi connectivity index (χ1v) is 12.5. The van der Waals surface area contributed by atoms with Crippen molar-refractivity contribution < 1.29 is 9.53 Å². The molecule has 8 nitrogen and oxygen atoms in total. The third kappa shape index (κ3) is 5.29. The van der Waals surface area contributed by atoms with Gasteiger partial charge in [0.1, 0.15) is 15.8 Å². The quantitative estimate of drug-likeness (QED) is 0.346. The summed E-state index contributed by atoms with van der Waals surface area (Å²) >= 11 is 6.68. The molecule has 2 aromatic rings. The number of carbonyl (C=O) groups is 1. The molecule has 33 heavy (non-hydrogen) atoms. The zero-order valence-electron chi connectivity index (χ0n) is 19.0. The average Bonchev–Trinajstić information content (AvgIpc) is 3.11. The molecular weight excluding hydrogens is 458 g/mol. The van der Waals surface area contributed by atoms with Crippen molar-refractivity contribution in [3.8, 4) is 0 Å². The third-order valence-electron chi connectivity index (χ3n) is 5.95. The van der Waals surface area contributed by atoms with Gasteiger partial charge in [-0.3, -0.25) is 23.8 Å². The monoisotopic (exact) mass is 487 g/mol. The fourth-order valence-corrected chi connectivity index (χ4v) is 5.32. The van der Waals surface area contributed by atoms with Gasteiger partial charge in [-0.05, 0) is 44.5 Å². The van der Waals surface area contributed by atoms with E-state index in [-0.39, 0.29) is 17.5 Å². The molecule has 2 aromatic heterocycles. The summed E-state index contributed by atoms with van der Waals surface area (Å²) in [6, 6.07) is 5.45. The number of hydrogen-bond acceptors (Lipinski definition) is 8. The van der Waals surface area contributed by atoms with Crippen molar-refractivity contribution in [2.45, 2.75) is 32.7 Å². The zero-order chi connectivity index (χ0) is 23.4. The number of thiocarbonyl (C=S) groups is 1. The van der Waals surface area contributed by atoms with Crippen molar-refractivity contribution >= 4 is 51.7 Å². The predicted octanol–water partition coefficient (Wildman–Crippen LogP) is 2.83. The number of aromatic nitrogens is 2. The molecule has 176 valence electrons. The predicted molar refractivity (Wildman–Crippen MR) is 137 cm³/mol. The molecule has 0 aliphatic carbocycles. The van der Waals surface area contributed by atoms with E-state index >= 15 is 0 Å². The largest absolute Gasteiger partial charge is 0.379 e. The van der Waals surface area contributed by atoms with Gasteiger partial charge in [0.2, 0.25) is 0 Å². The lowest BCUT2D eigenvalue weighted by molar-refractivity contribution is -0.123. The lowest BCUT2D eigenvalue weighted by atomic mass is 10.2. The highest BCUT2D eigenvalue weighted by molar-refractivity contribution is 8.26. The van der Waals surface area contributed by atoms with Crippen LogP contribution in [0.5, 0.6) is 0 Å². The van der Waals surface area contributed by atoms with E-state index in [9.17, 15) is 9.59 Å². The first-order valence-electron chi connectivity index (χ1n) is 11.3. The molecule has 0 spiro atoms. The minimum Gasteiger partial charge on any atom is -0.379 e. The topological polar surface area (TPSA) is 79.2 Å². The fourth-order valence-electron chi connectivity index (χ4n) is 3.88. The van der Waals surface area contributed by atoms with Gasteiger partial charge in [0.25, 0.3) is 11.5 Å². The molecule has 4 heterocycles.